The normalized spacial score (nSPS) is 20.8. The van der Waals surface area contributed by atoms with Crippen LogP contribution in [0.4, 0.5) is 0 Å². The average Bonchev–Trinajstić information content (AvgIpc) is 2.86. The van der Waals surface area contributed by atoms with E-state index in [-0.39, 0.29) is 5.91 Å². The van der Waals surface area contributed by atoms with E-state index in [4.69, 9.17) is 0 Å². The van der Waals surface area contributed by atoms with Crippen molar-refractivity contribution in [3.63, 3.8) is 0 Å². The van der Waals surface area contributed by atoms with E-state index in [1.807, 2.05) is 11.8 Å². The SMILES string of the molecule is CC1(O)CCN(C(=O)Cc2ccc3c(c2)CCC3)CC1. The fraction of sp³-hybridized carbons (Fsp3) is 0.588. The molecule has 1 N–H and O–H groups in total. The highest BCUT2D eigenvalue weighted by molar-refractivity contribution is 5.79. The summed E-state index contributed by atoms with van der Waals surface area (Å²) < 4.78 is 0. The fourth-order valence-electron chi connectivity index (χ4n) is 3.26. The zero-order valence-electron chi connectivity index (χ0n) is 12.2. The third-order valence-electron chi connectivity index (χ3n) is 4.71. The van der Waals surface area contributed by atoms with Gasteiger partial charge in [0.15, 0.2) is 0 Å². The molecule has 3 nitrogen and oxygen atoms in total. The third kappa shape index (κ3) is 2.88. The van der Waals surface area contributed by atoms with Crippen LogP contribution in [0.2, 0.25) is 0 Å². The van der Waals surface area contributed by atoms with Gasteiger partial charge in [-0.25, -0.2) is 0 Å². The summed E-state index contributed by atoms with van der Waals surface area (Å²) in [5.41, 5.74) is 3.42. The van der Waals surface area contributed by atoms with Gasteiger partial charge in [0, 0.05) is 13.1 Å². The molecule has 0 atom stereocenters. The zero-order chi connectivity index (χ0) is 14.2. The Bertz CT molecular complexity index is 512. The van der Waals surface area contributed by atoms with Crippen LogP contribution in [0.15, 0.2) is 18.2 Å². The quantitative estimate of drug-likeness (QED) is 0.896. The molecule has 0 radical (unpaired) electrons. The summed E-state index contributed by atoms with van der Waals surface area (Å²) in [6, 6.07) is 6.49. The smallest absolute Gasteiger partial charge is 0.226 e. The summed E-state index contributed by atoms with van der Waals surface area (Å²) in [5, 5.41) is 9.93. The van der Waals surface area contributed by atoms with Crippen molar-refractivity contribution >= 4 is 5.91 Å². The molecule has 3 heteroatoms. The molecule has 0 bridgehead atoms. The zero-order valence-corrected chi connectivity index (χ0v) is 12.2. The van der Waals surface area contributed by atoms with E-state index in [0.717, 1.165) is 12.0 Å². The van der Waals surface area contributed by atoms with Crippen molar-refractivity contribution in [3.8, 4) is 0 Å². The second-order valence-corrected chi connectivity index (χ2v) is 6.51. The Labute approximate surface area is 120 Å². The number of carbonyl (C=O) groups is 1. The molecule has 2 aliphatic rings. The first kappa shape index (κ1) is 13.6. The van der Waals surface area contributed by atoms with Crippen LogP contribution in [0, 0.1) is 0 Å². The van der Waals surface area contributed by atoms with Gasteiger partial charge in [-0.3, -0.25) is 4.79 Å². The van der Waals surface area contributed by atoms with Gasteiger partial charge in [-0.05, 0) is 55.7 Å². The fourth-order valence-corrected chi connectivity index (χ4v) is 3.26. The number of rotatable bonds is 2. The Morgan fingerprint density at radius 1 is 1.25 bits per heavy atom. The van der Waals surface area contributed by atoms with Crippen molar-refractivity contribution in [2.75, 3.05) is 13.1 Å². The number of hydrogen-bond donors (Lipinski definition) is 1. The van der Waals surface area contributed by atoms with Gasteiger partial charge in [0.05, 0.1) is 12.0 Å². The topological polar surface area (TPSA) is 40.5 Å². The first-order chi connectivity index (χ1) is 9.53. The molecule has 20 heavy (non-hydrogen) atoms. The highest BCUT2D eigenvalue weighted by atomic mass is 16.3. The van der Waals surface area contributed by atoms with Crippen molar-refractivity contribution in [2.24, 2.45) is 0 Å². The molecule has 1 aliphatic carbocycles. The lowest BCUT2D eigenvalue weighted by atomic mass is 9.93. The molecule has 108 valence electrons. The Balaban J connectivity index is 1.62. The molecule has 0 unspecified atom stereocenters. The Morgan fingerprint density at radius 3 is 2.70 bits per heavy atom. The number of piperidine rings is 1. The number of carbonyl (C=O) groups excluding carboxylic acids is 1. The summed E-state index contributed by atoms with van der Waals surface area (Å²) in [5.74, 6) is 0.193. The Hall–Kier alpha value is -1.35. The molecule has 1 saturated heterocycles. The van der Waals surface area contributed by atoms with Crippen LogP contribution in [0.3, 0.4) is 0 Å². The van der Waals surface area contributed by atoms with E-state index in [0.29, 0.717) is 32.4 Å². The van der Waals surface area contributed by atoms with Gasteiger partial charge in [0.25, 0.3) is 0 Å². The highest BCUT2D eigenvalue weighted by Gasteiger charge is 2.29. The van der Waals surface area contributed by atoms with E-state index in [1.54, 1.807) is 0 Å². The van der Waals surface area contributed by atoms with Gasteiger partial charge >= 0.3 is 0 Å². The number of amides is 1. The maximum atomic E-state index is 12.3. The number of aliphatic hydroxyl groups is 1. The molecule has 0 aromatic heterocycles. The van der Waals surface area contributed by atoms with Crippen LogP contribution in [-0.4, -0.2) is 34.6 Å². The molecule has 1 heterocycles. The molecule has 1 aliphatic heterocycles. The van der Waals surface area contributed by atoms with Gasteiger partial charge in [-0.2, -0.15) is 0 Å². The number of hydrogen-bond acceptors (Lipinski definition) is 2. The molecule has 3 rings (SSSR count). The summed E-state index contributed by atoms with van der Waals surface area (Å²) in [7, 11) is 0. The van der Waals surface area contributed by atoms with Gasteiger partial charge in [0.2, 0.25) is 5.91 Å². The van der Waals surface area contributed by atoms with E-state index in [1.165, 1.54) is 24.0 Å². The standard InChI is InChI=1S/C17H23NO2/c1-17(20)7-9-18(10-8-17)16(19)12-13-5-6-14-3-2-4-15(14)11-13/h5-6,11,20H,2-4,7-10,12H2,1H3. The summed E-state index contributed by atoms with van der Waals surface area (Å²) >= 11 is 0. The molecular weight excluding hydrogens is 250 g/mol. The van der Waals surface area contributed by atoms with E-state index in [9.17, 15) is 9.90 Å². The summed E-state index contributed by atoms with van der Waals surface area (Å²) in [6.45, 7) is 3.21. The van der Waals surface area contributed by atoms with Gasteiger partial charge in [0.1, 0.15) is 0 Å². The van der Waals surface area contributed by atoms with Gasteiger partial charge in [-0.1, -0.05) is 18.2 Å². The molecule has 1 aromatic rings. The molecule has 1 aromatic carbocycles. The van der Waals surface area contributed by atoms with Crippen LogP contribution >= 0.6 is 0 Å². The minimum atomic E-state index is -0.593. The summed E-state index contributed by atoms with van der Waals surface area (Å²) in [6.07, 6.45) is 5.45. The largest absolute Gasteiger partial charge is 0.390 e. The predicted octanol–water partition coefficient (Wildman–Crippen LogP) is 2.09. The second-order valence-electron chi connectivity index (χ2n) is 6.51. The van der Waals surface area contributed by atoms with Crippen molar-refractivity contribution in [2.45, 2.75) is 51.0 Å². The minimum Gasteiger partial charge on any atom is -0.390 e. The van der Waals surface area contributed by atoms with Gasteiger partial charge in [-0.15, -0.1) is 0 Å². The summed E-state index contributed by atoms with van der Waals surface area (Å²) in [4.78, 5) is 14.2. The molecular formula is C17H23NO2. The van der Waals surface area contributed by atoms with Crippen LogP contribution in [0.1, 0.15) is 42.9 Å². The predicted molar refractivity (Wildman–Crippen MR) is 78.6 cm³/mol. The van der Waals surface area contributed by atoms with Crippen LogP contribution in [0.25, 0.3) is 0 Å². The Kier molecular flexibility index (Phi) is 3.55. The maximum Gasteiger partial charge on any atom is 0.226 e. The number of benzene rings is 1. The van der Waals surface area contributed by atoms with Crippen LogP contribution in [-0.2, 0) is 24.1 Å². The maximum absolute atomic E-state index is 12.3. The van der Waals surface area contributed by atoms with Crippen LogP contribution < -0.4 is 0 Å². The van der Waals surface area contributed by atoms with Crippen molar-refractivity contribution in [3.05, 3.63) is 34.9 Å². The van der Waals surface area contributed by atoms with E-state index < -0.39 is 5.60 Å². The second kappa shape index (κ2) is 5.21. The van der Waals surface area contributed by atoms with Crippen molar-refractivity contribution in [1.82, 2.24) is 4.90 Å². The lowest BCUT2D eigenvalue weighted by Gasteiger charge is -2.35. The highest BCUT2D eigenvalue weighted by Crippen LogP contribution is 2.24. The first-order valence-corrected chi connectivity index (χ1v) is 7.64. The lowest BCUT2D eigenvalue weighted by Crippen LogP contribution is -2.45. The molecule has 1 amide bonds. The molecule has 0 saturated carbocycles. The number of aryl methyl sites for hydroxylation is 2. The van der Waals surface area contributed by atoms with E-state index >= 15 is 0 Å². The van der Waals surface area contributed by atoms with Crippen molar-refractivity contribution in [1.29, 1.82) is 0 Å². The minimum absolute atomic E-state index is 0.193. The third-order valence-corrected chi connectivity index (χ3v) is 4.71. The molecule has 1 fully saturated rings. The first-order valence-electron chi connectivity index (χ1n) is 7.64. The number of likely N-dealkylation sites (tertiary alicyclic amines) is 1. The number of nitrogens with zero attached hydrogens (tertiary/aromatic N) is 1. The number of fused-ring (bicyclic) bond motifs is 1. The van der Waals surface area contributed by atoms with E-state index in [2.05, 4.69) is 18.2 Å². The Morgan fingerprint density at radius 2 is 1.95 bits per heavy atom. The van der Waals surface area contributed by atoms with Crippen molar-refractivity contribution < 1.29 is 9.90 Å². The van der Waals surface area contributed by atoms with Crippen LogP contribution in [0.5, 0.6) is 0 Å². The van der Waals surface area contributed by atoms with Gasteiger partial charge < -0.3 is 10.0 Å². The average molecular weight is 273 g/mol. The molecule has 0 spiro atoms. The lowest BCUT2D eigenvalue weighted by molar-refractivity contribution is -0.134. The monoisotopic (exact) mass is 273 g/mol.